The fourth-order valence-corrected chi connectivity index (χ4v) is 2.04. The first-order valence-corrected chi connectivity index (χ1v) is 5.80. The smallest absolute Gasteiger partial charge is 0.206 e. The van der Waals surface area contributed by atoms with Gasteiger partial charge in [-0.2, -0.15) is 13.2 Å². The number of aryl methyl sites for hydroxylation is 1. The third-order valence-corrected chi connectivity index (χ3v) is 3.02. The molecule has 0 aliphatic carbocycles. The highest BCUT2D eigenvalue weighted by Crippen LogP contribution is 2.36. The predicted molar refractivity (Wildman–Crippen MR) is 66.6 cm³/mol. The van der Waals surface area contributed by atoms with Crippen molar-refractivity contribution in [3.63, 3.8) is 0 Å². The highest BCUT2D eigenvalue weighted by atomic mass is 35.5. The Morgan fingerprint density at radius 3 is 2.21 bits per heavy atom. The lowest BCUT2D eigenvalue weighted by Crippen LogP contribution is -2.04. The standard InChI is InChI=1S/C14H9ClF4/c1-8-2-5-13(16)11(6-8)10-4-3-9(7-12(10)15)14(17,18)19/h2-7H,1H3. The second-order valence-electron chi connectivity index (χ2n) is 4.18. The molecule has 2 rings (SSSR count). The van der Waals surface area contributed by atoms with Gasteiger partial charge in [0.25, 0.3) is 0 Å². The zero-order chi connectivity index (χ0) is 14.2. The van der Waals surface area contributed by atoms with Gasteiger partial charge in [-0.25, -0.2) is 4.39 Å². The molecule has 0 amide bonds. The number of hydrogen-bond donors (Lipinski definition) is 0. The van der Waals surface area contributed by atoms with Crippen molar-refractivity contribution in [2.24, 2.45) is 0 Å². The summed E-state index contributed by atoms with van der Waals surface area (Å²) in [6.07, 6.45) is -4.46. The van der Waals surface area contributed by atoms with E-state index < -0.39 is 17.6 Å². The van der Waals surface area contributed by atoms with E-state index in [9.17, 15) is 17.6 Å². The van der Waals surface area contributed by atoms with Crippen LogP contribution in [-0.4, -0.2) is 0 Å². The van der Waals surface area contributed by atoms with Crippen LogP contribution >= 0.6 is 11.6 Å². The van der Waals surface area contributed by atoms with E-state index in [-0.39, 0.29) is 16.1 Å². The molecule has 19 heavy (non-hydrogen) atoms. The van der Waals surface area contributed by atoms with Crippen LogP contribution in [0.2, 0.25) is 5.02 Å². The Morgan fingerprint density at radius 1 is 0.947 bits per heavy atom. The highest BCUT2D eigenvalue weighted by Gasteiger charge is 2.31. The van der Waals surface area contributed by atoms with Crippen molar-refractivity contribution in [2.45, 2.75) is 13.1 Å². The molecule has 0 nitrogen and oxygen atoms in total. The Labute approximate surface area is 112 Å². The van der Waals surface area contributed by atoms with E-state index >= 15 is 0 Å². The number of benzene rings is 2. The average molecular weight is 289 g/mol. The molecular weight excluding hydrogens is 280 g/mol. The van der Waals surface area contributed by atoms with Crippen LogP contribution in [-0.2, 0) is 6.18 Å². The SMILES string of the molecule is Cc1ccc(F)c(-c2ccc(C(F)(F)F)cc2Cl)c1. The van der Waals surface area contributed by atoms with E-state index in [1.54, 1.807) is 19.1 Å². The van der Waals surface area contributed by atoms with E-state index in [0.29, 0.717) is 0 Å². The highest BCUT2D eigenvalue weighted by molar-refractivity contribution is 6.33. The van der Waals surface area contributed by atoms with Crippen molar-refractivity contribution in [1.29, 1.82) is 0 Å². The lowest BCUT2D eigenvalue weighted by atomic mass is 10.0. The second kappa shape index (κ2) is 4.85. The van der Waals surface area contributed by atoms with Gasteiger partial charge in [0.15, 0.2) is 0 Å². The Kier molecular flexibility index (Phi) is 3.54. The van der Waals surface area contributed by atoms with Gasteiger partial charge in [-0.15, -0.1) is 0 Å². The Morgan fingerprint density at radius 2 is 1.63 bits per heavy atom. The Hall–Kier alpha value is -1.55. The van der Waals surface area contributed by atoms with Crippen LogP contribution in [0.4, 0.5) is 17.6 Å². The van der Waals surface area contributed by atoms with Crippen molar-refractivity contribution >= 4 is 11.6 Å². The molecular formula is C14H9ClF4. The Bertz CT molecular complexity index is 617. The lowest BCUT2D eigenvalue weighted by Gasteiger charge is -2.11. The first-order chi connectivity index (χ1) is 8.79. The van der Waals surface area contributed by atoms with Crippen LogP contribution in [0, 0.1) is 12.7 Å². The zero-order valence-corrected chi connectivity index (χ0v) is 10.6. The molecule has 0 aliphatic heterocycles. The molecule has 0 spiro atoms. The number of halogens is 5. The predicted octanol–water partition coefficient (Wildman–Crippen LogP) is 5.47. The minimum Gasteiger partial charge on any atom is -0.206 e. The maximum absolute atomic E-state index is 13.7. The summed E-state index contributed by atoms with van der Waals surface area (Å²) in [5.41, 5.74) is 0.385. The summed E-state index contributed by atoms with van der Waals surface area (Å²) in [5.74, 6) is -0.521. The topological polar surface area (TPSA) is 0 Å². The molecule has 2 aromatic rings. The van der Waals surface area contributed by atoms with Crippen LogP contribution in [0.5, 0.6) is 0 Å². The average Bonchev–Trinajstić information content (AvgIpc) is 2.31. The lowest BCUT2D eigenvalue weighted by molar-refractivity contribution is -0.137. The summed E-state index contributed by atoms with van der Waals surface area (Å²) in [4.78, 5) is 0. The van der Waals surface area contributed by atoms with Gasteiger partial charge in [-0.3, -0.25) is 0 Å². The van der Waals surface area contributed by atoms with Crippen LogP contribution in [0.15, 0.2) is 36.4 Å². The summed E-state index contributed by atoms with van der Waals surface area (Å²) >= 11 is 5.83. The van der Waals surface area contributed by atoms with Gasteiger partial charge in [0, 0.05) is 16.1 Å². The maximum atomic E-state index is 13.7. The monoisotopic (exact) mass is 288 g/mol. The summed E-state index contributed by atoms with van der Waals surface area (Å²) in [6.45, 7) is 1.76. The maximum Gasteiger partial charge on any atom is 0.416 e. The largest absolute Gasteiger partial charge is 0.416 e. The van der Waals surface area contributed by atoms with Crippen molar-refractivity contribution < 1.29 is 17.6 Å². The van der Waals surface area contributed by atoms with Crippen LogP contribution < -0.4 is 0 Å². The van der Waals surface area contributed by atoms with E-state index in [1.807, 2.05) is 0 Å². The molecule has 0 saturated heterocycles. The first kappa shape index (κ1) is 13.9. The second-order valence-corrected chi connectivity index (χ2v) is 4.58. The van der Waals surface area contributed by atoms with Gasteiger partial charge in [0.1, 0.15) is 5.82 Å². The molecule has 0 N–H and O–H groups in total. The van der Waals surface area contributed by atoms with Gasteiger partial charge < -0.3 is 0 Å². The molecule has 100 valence electrons. The van der Waals surface area contributed by atoms with Crippen molar-refractivity contribution in [1.82, 2.24) is 0 Å². The molecule has 0 bridgehead atoms. The summed E-state index contributed by atoms with van der Waals surface area (Å²) in [6, 6.07) is 7.27. The summed E-state index contributed by atoms with van der Waals surface area (Å²) in [7, 11) is 0. The summed E-state index contributed by atoms with van der Waals surface area (Å²) < 4.78 is 51.2. The zero-order valence-electron chi connectivity index (χ0n) is 9.85. The molecule has 0 aliphatic rings. The molecule has 0 saturated carbocycles. The van der Waals surface area contributed by atoms with E-state index in [2.05, 4.69) is 0 Å². The van der Waals surface area contributed by atoms with Crippen LogP contribution in [0.1, 0.15) is 11.1 Å². The minimum absolute atomic E-state index is 0.126. The third kappa shape index (κ3) is 2.89. The molecule has 5 heteroatoms. The van der Waals surface area contributed by atoms with Gasteiger partial charge in [-0.1, -0.05) is 29.3 Å². The normalized spacial score (nSPS) is 11.7. The molecule has 0 atom stereocenters. The van der Waals surface area contributed by atoms with Crippen molar-refractivity contribution in [3.8, 4) is 11.1 Å². The number of alkyl halides is 3. The fourth-order valence-electron chi connectivity index (χ4n) is 1.76. The third-order valence-electron chi connectivity index (χ3n) is 2.71. The minimum atomic E-state index is -4.46. The quantitative estimate of drug-likeness (QED) is 0.610. The van der Waals surface area contributed by atoms with E-state index in [0.717, 1.165) is 17.7 Å². The number of rotatable bonds is 1. The van der Waals surface area contributed by atoms with E-state index in [1.165, 1.54) is 12.1 Å². The van der Waals surface area contributed by atoms with Crippen molar-refractivity contribution in [2.75, 3.05) is 0 Å². The summed E-state index contributed by atoms with van der Waals surface area (Å²) in [5, 5.41) is -0.126. The molecule has 0 fully saturated rings. The van der Waals surface area contributed by atoms with Crippen molar-refractivity contribution in [3.05, 3.63) is 58.4 Å². The molecule has 0 aromatic heterocycles. The van der Waals surface area contributed by atoms with Crippen LogP contribution in [0.3, 0.4) is 0 Å². The van der Waals surface area contributed by atoms with Gasteiger partial charge >= 0.3 is 6.18 Å². The van der Waals surface area contributed by atoms with Crippen LogP contribution in [0.25, 0.3) is 11.1 Å². The molecule has 0 heterocycles. The molecule has 0 unspecified atom stereocenters. The van der Waals surface area contributed by atoms with Gasteiger partial charge in [-0.05, 0) is 31.2 Å². The first-order valence-electron chi connectivity index (χ1n) is 5.42. The fraction of sp³-hybridized carbons (Fsp3) is 0.143. The Balaban J connectivity index is 2.55. The van der Waals surface area contributed by atoms with Gasteiger partial charge in [0.2, 0.25) is 0 Å². The van der Waals surface area contributed by atoms with Gasteiger partial charge in [0.05, 0.1) is 5.56 Å². The molecule has 0 radical (unpaired) electrons. The van der Waals surface area contributed by atoms with E-state index in [4.69, 9.17) is 11.6 Å². The molecule has 2 aromatic carbocycles. The number of hydrogen-bond acceptors (Lipinski definition) is 0.